The molecule has 0 spiro atoms. The number of esters is 2. The van der Waals surface area contributed by atoms with E-state index in [1.54, 1.807) is 24.3 Å². The number of ether oxygens (including phenoxy) is 4. The Kier molecular flexibility index (Phi) is 3.26. The summed E-state index contributed by atoms with van der Waals surface area (Å²) >= 11 is 0. The monoisotopic (exact) mass is 318 g/mol. The summed E-state index contributed by atoms with van der Waals surface area (Å²) in [6.07, 6.45) is 1.03. The maximum Gasteiger partial charge on any atom is 0.338 e. The van der Waals surface area contributed by atoms with Crippen LogP contribution in [-0.4, -0.2) is 39.1 Å². The molecule has 0 bridgehead atoms. The number of benzene rings is 1. The van der Waals surface area contributed by atoms with E-state index in [4.69, 9.17) is 18.9 Å². The molecule has 120 valence electrons. The third-order valence-corrected chi connectivity index (χ3v) is 4.29. The fraction of sp³-hybridized carbons (Fsp3) is 0.312. The van der Waals surface area contributed by atoms with Crippen LogP contribution in [0.3, 0.4) is 0 Å². The summed E-state index contributed by atoms with van der Waals surface area (Å²) in [5.41, 5.74) is -1.76. The van der Waals surface area contributed by atoms with Crippen LogP contribution in [0.2, 0.25) is 0 Å². The van der Waals surface area contributed by atoms with E-state index in [2.05, 4.69) is 0 Å². The molecule has 3 rings (SSSR count). The van der Waals surface area contributed by atoms with Crippen LogP contribution < -0.4 is 0 Å². The maximum atomic E-state index is 13.1. The number of carbonyl (C=O) groups is 3. The van der Waals surface area contributed by atoms with E-state index >= 15 is 0 Å². The van der Waals surface area contributed by atoms with Crippen molar-refractivity contribution in [3.63, 3.8) is 0 Å². The molecular formula is C16H14O7. The van der Waals surface area contributed by atoms with Crippen LogP contribution in [0.15, 0.2) is 36.1 Å². The Balaban J connectivity index is 2.36. The van der Waals surface area contributed by atoms with Crippen molar-refractivity contribution >= 4 is 17.7 Å². The highest BCUT2D eigenvalue weighted by Gasteiger charge is 2.77. The molecule has 0 aromatic heterocycles. The van der Waals surface area contributed by atoms with Gasteiger partial charge in [0.15, 0.2) is 5.78 Å². The molecule has 0 fully saturated rings. The number of hydrogen-bond acceptors (Lipinski definition) is 7. The molecule has 7 nitrogen and oxygen atoms in total. The maximum absolute atomic E-state index is 13.1. The summed E-state index contributed by atoms with van der Waals surface area (Å²) in [6.45, 7) is 0. The SMILES string of the molecule is COC(=O)C1=CO[C@@]2(OC)c3ccccc3C(=O)[C@@]12C(=O)OC. The Morgan fingerprint density at radius 1 is 1.09 bits per heavy atom. The Bertz CT molecular complexity index is 751. The average Bonchev–Trinajstić information content (AvgIpc) is 3.05. The van der Waals surface area contributed by atoms with Gasteiger partial charge in [0.1, 0.15) is 5.57 Å². The van der Waals surface area contributed by atoms with Crippen LogP contribution in [0.25, 0.3) is 0 Å². The molecular weight excluding hydrogens is 304 g/mol. The van der Waals surface area contributed by atoms with Gasteiger partial charge in [-0.1, -0.05) is 24.3 Å². The van der Waals surface area contributed by atoms with Gasteiger partial charge in [0, 0.05) is 18.2 Å². The van der Waals surface area contributed by atoms with Crippen LogP contribution in [-0.2, 0) is 34.3 Å². The molecule has 1 aromatic carbocycles. The lowest BCUT2D eigenvalue weighted by atomic mass is 9.73. The van der Waals surface area contributed by atoms with Gasteiger partial charge in [-0.2, -0.15) is 0 Å². The first kappa shape index (κ1) is 15.2. The zero-order valence-electron chi connectivity index (χ0n) is 12.7. The molecule has 0 amide bonds. The van der Waals surface area contributed by atoms with Crippen LogP contribution >= 0.6 is 0 Å². The van der Waals surface area contributed by atoms with Gasteiger partial charge in [-0.3, -0.25) is 9.59 Å². The van der Waals surface area contributed by atoms with Gasteiger partial charge >= 0.3 is 11.9 Å². The molecule has 0 unspecified atom stereocenters. The summed E-state index contributed by atoms with van der Waals surface area (Å²) in [6, 6.07) is 6.47. The fourth-order valence-electron chi connectivity index (χ4n) is 3.32. The van der Waals surface area contributed by atoms with Crippen LogP contribution in [0.5, 0.6) is 0 Å². The molecule has 1 aliphatic heterocycles. The average molecular weight is 318 g/mol. The normalized spacial score (nSPS) is 27.6. The van der Waals surface area contributed by atoms with E-state index in [-0.39, 0.29) is 11.1 Å². The molecule has 2 aliphatic rings. The second-order valence-electron chi connectivity index (χ2n) is 5.08. The molecule has 7 heteroatoms. The molecule has 2 atom stereocenters. The molecule has 1 heterocycles. The van der Waals surface area contributed by atoms with Gasteiger partial charge < -0.3 is 18.9 Å². The third kappa shape index (κ3) is 1.49. The summed E-state index contributed by atoms with van der Waals surface area (Å²) in [7, 11) is 3.57. The van der Waals surface area contributed by atoms with Gasteiger partial charge in [0.2, 0.25) is 5.41 Å². The highest BCUT2D eigenvalue weighted by Crippen LogP contribution is 2.61. The highest BCUT2D eigenvalue weighted by atomic mass is 16.7. The van der Waals surface area contributed by atoms with Crippen molar-refractivity contribution in [2.45, 2.75) is 5.79 Å². The largest absolute Gasteiger partial charge is 0.468 e. The van der Waals surface area contributed by atoms with Gasteiger partial charge in [-0.05, 0) is 0 Å². The first-order chi connectivity index (χ1) is 11.0. The van der Waals surface area contributed by atoms with Gasteiger partial charge in [0.25, 0.3) is 5.79 Å². The Labute approximate surface area is 131 Å². The van der Waals surface area contributed by atoms with Gasteiger partial charge in [0.05, 0.1) is 20.5 Å². The van der Waals surface area contributed by atoms with Crippen molar-refractivity contribution in [3.8, 4) is 0 Å². The summed E-state index contributed by atoms with van der Waals surface area (Å²) in [4.78, 5) is 37.9. The third-order valence-electron chi connectivity index (χ3n) is 4.29. The Morgan fingerprint density at radius 2 is 1.78 bits per heavy atom. The van der Waals surface area contributed by atoms with Crippen molar-refractivity contribution in [2.24, 2.45) is 5.41 Å². The van der Waals surface area contributed by atoms with Crippen molar-refractivity contribution in [2.75, 3.05) is 21.3 Å². The topological polar surface area (TPSA) is 88.1 Å². The molecule has 1 aromatic rings. The van der Waals surface area contributed by atoms with Gasteiger partial charge in [-0.25, -0.2) is 4.79 Å². The lowest BCUT2D eigenvalue weighted by Crippen LogP contribution is -2.53. The predicted octanol–water partition coefficient (Wildman–Crippen LogP) is 0.929. The van der Waals surface area contributed by atoms with E-state index in [9.17, 15) is 14.4 Å². The number of methoxy groups -OCH3 is 3. The standard InChI is InChI=1S/C16H14O7/c1-20-13(18)11-8-23-16(22-3)10-7-5-4-6-9(10)12(17)15(11,16)14(19)21-2/h4-8H,1-3H3/t15-,16+/m1/s1. The number of rotatable bonds is 3. The second-order valence-corrected chi connectivity index (χ2v) is 5.08. The summed E-state index contributed by atoms with van der Waals surface area (Å²) in [5.74, 6) is -4.24. The molecule has 0 saturated heterocycles. The van der Waals surface area contributed by atoms with Crippen molar-refractivity contribution in [1.82, 2.24) is 0 Å². The van der Waals surface area contributed by atoms with Crippen molar-refractivity contribution in [3.05, 3.63) is 47.2 Å². The summed E-state index contributed by atoms with van der Waals surface area (Å²) < 4.78 is 20.6. The van der Waals surface area contributed by atoms with Crippen molar-refractivity contribution in [1.29, 1.82) is 0 Å². The minimum absolute atomic E-state index is 0.231. The van der Waals surface area contributed by atoms with E-state index in [0.717, 1.165) is 20.5 Å². The lowest BCUT2D eigenvalue weighted by Gasteiger charge is -2.35. The quantitative estimate of drug-likeness (QED) is 0.605. The predicted molar refractivity (Wildman–Crippen MR) is 75.1 cm³/mol. The van der Waals surface area contributed by atoms with Crippen LogP contribution in [0, 0.1) is 5.41 Å². The van der Waals surface area contributed by atoms with E-state index in [1.807, 2.05) is 0 Å². The molecule has 0 saturated carbocycles. The second kappa shape index (κ2) is 4.92. The van der Waals surface area contributed by atoms with E-state index < -0.39 is 28.9 Å². The molecule has 23 heavy (non-hydrogen) atoms. The van der Waals surface area contributed by atoms with E-state index in [0.29, 0.717) is 5.56 Å². The Hall–Kier alpha value is -2.67. The molecule has 0 N–H and O–H groups in total. The first-order valence-corrected chi connectivity index (χ1v) is 6.76. The zero-order chi connectivity index (χ0) is 16.8. The van der Waals surface area contributed by atoms with Crippen LogP contribution in [0.4, 0.5) is 0 Å². The number of Topliss-reactive ketones (excluding diaryl/α,β-unsaturated/α-hetero) is 1. The number of fused-ring (bicyclic) bond motifs is 3. The number of carbonyl (C=O) groups excluding carboxylic acids is 3. The smallest absolute Gasteiger partial charge is 0.338 e. The minimum atomic E-state index is -2.09. The Morgan fingerprint density at radius 3 is 2.39 bits per heavy atom. The summed E-state index contributed by atoms with van der Waals surface area (Å²) in [5, 5.41) is 0. The number of ketones is 1. The minimum Gasteiger partial charge on any atom is -0.468 e. The first-order valence-electron chi connectivity index (χ1n) is 6.76. The van der Waals surface area contributed by atoms with Gasteiger partial charge in [-0.15, -0.1) is 0 Å². The highest BCUT2D eigenvalue weighted by molar-refractivity contribution is 6.24. The fourth-order valence-corrected chi connectivity index (χ4v) is 3.32. The van der Waals surface area contributed by atoms with E-state index in [1.165, 1.54) is 7.11 Å². The number of hydrogen-bond donors (Lipinski definition) is 0. The van der Waals surface area contributed by atoms with Crippen molar-refractivity contribution < 1.29 is 33.3 Å². The molecule has 0 radical (unpaired) electrons. The van der Waals surface area contributed by atoms with Crippen LogP contribution in [0.1, 0.15) is 15.9 Å². The zero-order valence-corrected chi connectivity index (χ0v) is 12.7. The lowest BCUT2D eigenvalue weighted by molar-refractivity contribution is -0.232. The molecule has 1 aliphatic carbocycles.